The number of carbonyl (C=O) groups excluding carboxylic acids is 1. The van der Waals surface area contributed by atoms with Crippen LogP contribution < -0.4 is 56.5 Å². The minimum atomic E-state index is -1.43. The SMILES string of the molecule is CCCCCC1=CC=C(C(=O)[O-])[C@@H](O)[C@H]1O.[K+]. The van der Waals surface area contributed by atoms with Crippen LogP contribution in [0.5, 0.6) is 0 Å². The maximum atomic E-state index is 10.6. The summed E-state index contributed by atoms with van der Waals surface area (Å²) in [7, 11) is 0. The van der Waals surface area contributed by atoms with Crippen LogP contribution in [0, 0.1) is 0 Å². The van der Waals surface area contributed by atoms with E-state index >= 15 is 0 Å². The molecule has 0 amide bonds. The molecule has 90 valence electrons. The topological polar surface area (TPSA) is 80.6 Å². The van der Waals surface area contributed by atoms with Gasteiger partial charge in [-0.25, -0.2) is 0 Å². The van der Waals surface area contributed by atoms with Crippen LogP contribution in [0.15, 0.2) is 23.3 Å². The zero-order valence-electron chi connectivity index (χ0n) is 10.3. The standard InChI is InChI=1S/C12H18O4.K/c1-2-3-4-5-8-6-7-9(12(15)16)11(14)10(8)13;/h6-7,10-11,13-14H,2-5H2,1H3,(H,15,16);/q;+1/p-1/t10-,11+;/m0./s1. The number of aliphatic hydroxyl groups excluding tert-OH is 2. The first-order valence-electron chi connectivity index (χ1n) is 5.56. The van der Waals surface area contributed by atoms with E-state index < -0.39 is 18.2 Å². The molecule has 5 heteroatoms. The molecule has 1 aliphatic carbocycles. The van der Waals surface area contributed by atoms with E-state index in [0.717, 1.165) is 19.3 Å². The molecule has 0 unspecified atom stereocenters. The summed E-state index contributed by atoms with van der Waals surface area (Å²) in [6, 6.07) is 0. The average molecular weight is 264 g/mol. The van der Waals surface area contributed by atoms with Crippen molar-refractivity contribution in [2.45, 2.75) is 44.8 Å². The third kappa shape index (κ3) is 4.94. The van der Waals surface area contributed by atoms with Crippen LogP contribution in [0.1, 0.15) is 32.6 Å². The fourth-order valence-electron chi connectivity index (χ4n) is 1.77. The average Bonchev–Trinajstić information content (AvgIpc) is 2.24. The molecule has 4 nitrogen and oxygen atoms in total. The summed E-state index contributed by atoms with van der Waals surface area (Å²) in [6.07, 6.45) is 4.14. The van der Waals surface area contributed by atoms with E-state index in [2.05, 4.69) is 6.92 Å². The summed E-state index contributed by atoms with van der Waals surface area (Å²) >= 11 is 0. The van der Waals surface area contributed by atoms with Crippen molar-refractivity contribution in [1.82, 2.24) is 0 Å². The summed E-state index contributed by atoms with van der Waals surface area (Å²) in [4.78, 5) is 10.6. The molecule has 0 spiro atoms. The number of carboxylic acids is 1. The van der Waals surface area contributed by atoms with Gasteiger partial charge < -0.3 is 20.1 Å². The van der Waals surface area contributed by atoms with Gasteiger partial charge in [0, 0.05) is 5.57 Å². The minimum absolute atomic E-state index is 0. The van der Waals surface area contributed by atoms with Gasteiger partial charge in [-0.2, -0.15) is 0 Å². The monoisotopic (exact) mass is 264 g/mol. The third-order valence-electron chi connectivity index (χ3n) is 2.78. The van der Waals surface area contributed by atoms with Crippen molar-refractivity contribution in [2.24, 2.45) is 0 Å². The van der Waals surface area contributed by atoms with Gasteiger partial charge in [0.25, 0.3) is 0 Å². The van der Waals surface area contributed by atoms with Crippen molar-refractivity contribution in [3.05, 3.63) is 23.3 Å². The Morgan fingerprint density at radius 1 is 1.29 bits per heavy atom. The normalized spacial score (nSPS) is 23.5. The second-order valence-corrected chi connectivity index (χ2v) is 4.00. The van der Waals surface area contributed by atoms with Gasteiger partial charge in [0.1, 0.15) is 12.2 Å². The number of rotatable bonds is 5. The van der Waals surface area contributed by atoms with Gasteiger partial charge in [-0.1, -0.05) is 31.9 Å². The van der Waals surface area contributed by atoms with Gasteiger partial charge >= 0.3 is 51.4 Å². The van der Waals surface area contributed by atoms with Crippen molar-refractivity contribution in [3.63, 3.8) is 0 Å². The van der Waals surface area contributed by atoms with E-state index in [9.17, 15) is 20.1 Å². The number of carbonyl (C=O) groups is 1. The fourth-order valence-corrected chi connectivity index (χ4v) is 1.77. The van der Waals surface area contributed by atoms with Crippen LogP contribution in [0.25, 0.3) is 0 Å². The van der Waals surface area contributed by atoms with Gasteiger partial charge in [0.15, 0.2) is 0 Å². The molecule has 0 saturated carbocycles. The molecule has 1 aliphatic rings. The van der Waals surface area contributed by atoms with E-state index in [1.807, 2.05) is 0 Å². The first-order valence-corrected chi connectivity index (χ1v) is 5.56. The Labute approximate surface area is 144 Å². The molecule has 0 aliphatic heterocycles. The summed E-state index contributed by atoms with van der Waals surface area (Å²) in [5, 5.41) is 29.9. The summed E-state index contributed by atoms with van der Waals surface area (Å²) in [5.41, 5.74) is 0.428. The first-order chi connectivity index (χ1) is 7.57. The van der Waals surface area contributed by atoms with Crippen molar-refractivity contribution in [2.75, 3.05) is 0 Å². The molecule has 0 aromatic heterocycles. The zero-order valence-corrected chi connectivity index (χ0v) is 13.5. The first kappa shape index (κ1) is 17.5. The molecule has 17 heavy (non-hydrogen) atoms. The van der Waals surface area contributed by atoms with Crippen LogP contribution in [0.3, 0.4) is 0 Å². The van der Waals surface area contributed by atoms with Crippen LogP contribution in [-0.2, 0) is 4.79 Å². The maximum Gasteiger partial charge on any atom is 1.00 e. The van der Waals surface area contributed by atoms with Crippen LogP contribution in [0.4, 0.5) is 0 Å². The Balaban J connectivity index is 0.00000256. The van der Waals surface area contributed by atoms with E-state index in [1.165, 1.54) is 6.08 Å². The molecule has 2 N–H and O–H groups in total. The number of allylic oxidation sites excluding steroid dienone is 2. The zero-order chi connectivity index (χ0) is 12.1. The Bertz CT molecular complexity index is 322. The van der Waals surface area contributed by atoms with Gasteiger partial charge in [0.05, 0.1) is 5.97 Å². The quantitative estimate of drug-likeness (QED) is 0.407. The Hall–Kier alpha value is 0.506. The molecule has 0 aromatic carbocycles. The molecular weight excluding hydrogens is 247 g/mol. The van der Waals surface area contributed by atoms with Crippen LogP contribution in [-0.4, -0.2) is 28.4 Å². The number of unbranched alkanes of at least 4 members (excludes halogenated alkanes) is 2. The van der Waals surface area contributed by atoms with Gasteiger partial charge in [-0.15, -0.1) is 0 Å². The summed E-state index contributed by atoms with van der Waals surface area (Å²) < 4.78 is 0. The third-order valence-corrected chi connectivity index (χ3v) is 2.78. The number of carboxylic acid groups (broad SMARTS) is 1. The van der Waals surface area contributed by atoms with Crippen molar-refractivity contribution < 1.29 is 71.5 Å². The molecule has 1 rings (SSSR count). The van der Waals surface area contributed by atoms with Crippen molar-refractivity contribution in [1.29, 1.82) is 0 Å². The van der Waals surface area contributed by atoms with Gasteiger partial charge in [-0.3, -0.25) is 0 Å². The van der Waals surface area contributed by atoms with Crippen molar-refractivity contribution in [3.8, 4) is 0 Å². The van der Waals surface area contributed by atoms with Gasteiger partial charge in [0.2, 0.25) is 0 Å². The molecule has 0 heterocycles. The predicted molar refractivity (Wildman–Crippen MR) is 57.3 cm³/mol. The molecule has 0 radical (unpaired) electrons. The molecule has 2 atom stereocenters. The Kier molecular flexibility index (Phi) is 8.84. The smallest absolute Gasteiger partial charge is 0.545 e. The molecule has 0 bridgehead atoms. The van der Waals surface area contributed by atoms with E-state index in [-0.39, 0.29) is 57.0 Å². The number of aliphatic hydroxyl groups is 2. The predicted octanol–water partition coefficient (Wildman–Crippen LogP) is -3.09. The Morgan fingerprint density at radius 2 is 1.94 bits per heavy atom. The van der Waals surface area contributed by atoms with Crippen molar-refractivity contribution >= 4 is 5.97 Å². The Morgan fingerprint density at radius 3 is 2.47 bits per heavy atom. The molecular formula is C12H17KO4. The van der Waals surface area contributed by atoms with Gasteiger partial charge in [-0.05, 0) is 18.4 Å². The molecule has 0 aromatic rings. The van der Waals surface area contributed by atoms with E-state index in [4.69, 9.17) is 0 Å². The summed E-state index contributed by atoms with van der Waals surface area (Å²) in [6.45, 7) is 2.08. The number of aliphatic carboxylic acids is 1. The summed E-state index contributed by atoms with van der Waals surface area (Å²) in [5.74, 6) is -1.43. The second kappa shape index (κ2) is 8.58. The van der Waals surface area contributed by atoms with Crippen LogP contribution in [0.2, 0.25) is 0 Å². The second-order valence-electron chi connectivity index (χ2n) is 4.00. The minimum Gasteiger partial charge on any atom is -0.545 e. The number of hydrogen-bond donors (Lipinski definition) is 2. The van der Waals surface area contributed by atoms with E-state index in [1.54, 1.807) is 6.08 Å². The van der Waals surface area contributed by atoms with Crippen LogP contribution >= 0.6 is 0 Å². The largest absolute Gasteiger partial charge is 1.00 e. The molecule has 0 fully saturated rings. The fraction of sp³-hybridized carbons (Fsp3) is 0.583. The molecule has 0 saturated heterocycles. The maximum absolute atomic E-state index is 10.6. The number of hydrogen-bond acceptors (Lipinski definition) is 4. The van der Waals surface area contributed by atoms with E-state index in [0.29, 0.717) is 12.0 Å².